The van der Waals surface area contributed by atoms with E-state index < -0.39 is 0 Å². The summed E-state index contributed by atoms with van der Waals surface area (Å²) >= 11 is 0. The molecule has 0 bridgehead atoms. The average Bonchev–Trinajstić information content (AvgIpc) is 2.40. The third-order valence-corrected chi connectivity index (χ3v) is 3.02. The first-order valence-corrected chi connectivity index (χ1v) is 6.25. The number of ether oxygens (including phenoxy) is 1. The molecule has 0 heterocycles. The van der Waals surface area contributed by atoms with Crippen molar-refractivity contribution < 1.29 is 4.74 Å². The number of nitrogens with one attached hydrogen (secondary N) is 1. The number of hydrogen-bond donors (Lipinski definition) is 1. The SMILES string of the molecule is Cc1cccc(OCCNc2ccccc2)c1C. The third kappa shape index (κ3) is 3.27. The summed E-state index contributed by atoms with van der Waals surface area (Å²) in [4.78, 5) is 0. The van der Waals surface area contributed by atoms with Gasteiger partial charge in [0.1, 0.15) is 12.4 Å². The molecular weight excluding hydrogens is 222 g/mol. The van der Waals surface area contributed by atoms with Gasteiger partial charge in [0.05, 0.1) is 0 Å². The Morgan fingerprint density at radius 3 is 2.50 bits per heavy atom. The van der Waals surface area contributed by atoms with E-state index in [1.165, 1.54) is 11.1 Å². The number of benzene rings is 2. The van der Waals surface area contributed by atoms with Crippen molar-refractivity contribution in [3.63, 3.8) is 0 Å². The number of para-hydroxylation sites is 1. The van der Waals surface area contributed by atoms with Crippen molar-refractivity contribution in [3.05, 3.63) is 59.7 Å². The van der Waals surface area contributed by atoms with E-state index in [-0.39, 0.29) is 0 Å². The lowest BCUT2D eigenvalue weighted by Gasteiger charge is -2.11. The first-order valence-electron chi connectivity index (χ1n) is 6.25. The van der Waals surface area contributed by atoms with Crippen LogP contribution in [0.5, 0.6) is 5.75 Å². The molecule has 0 spiro atoms. The zero-order valence-electron chi connectivity index (χ0n) is 10.9. The molecule has 0 saturated carbocycles. The molecule has 0 unspecified atom stereocenters. The Morgan fingerprint density at radius 2 is 1.72 bits per heavy atom. The van der Waals surface area contributed by atoms with Gasteiger partial charge in [0.15, 0.2) is 0 Å². The lowest BCUT2D eigenvalue weighted by Crippen LogP contribution is -2.11. The summed E-state index contributed by atoms with van der Waals surface area (Å²) in [6, 6.07) is 16.3. The molecule has 0 aliphatic rings. The minimum atomic E-state index is 0.666. The van der Waals surface area contributed by atoms with Crippen LogP contribution in [0.4, 0.5) is 5.69 Å². The van der Waals surface area contributed by atoms with Crippen molar-refractivity contribution in [2.75, 3.05) is 18.5 Å². The lowest BCUT2D eigenvalue weighted by atomic mass is 10.1. The highest BCUT2D eigenvalue weighted by molar-refractivity contribution is 5.42. The topological polar surface area (TPSA) is 21.3 Å². The van der Waals surface area contributed by atoms with Gasteiger partial charge in [0.25, 0.3) is 0 Å². The van der Waals surface area contributed by atoms with Gasteiger partial charge in [-0.15, -0.1) is 0 Å². The maximum absolute atomic E-state index is 5.78. The van der Waals surface area contributed by atoms with Gasteiger partial charge in [0, 0.05) is 12.2 Å². The maximum atomic E-state index is 5.78. The van der Waals surface area contributed by atoms with Crippen LogP contribution in [0.25, 0.3) is 0 Å². The van der Waals surface area contributed by atoms with E-state index in [4.69, 9.17) is 4.74 Å². The average molecular weight is 241 g/mol. The predicted molar refractivity (Wildman–Crippen MR) is 76.3 cm³/mol. The molecule has 2 nitrogen and oxygen atoms in total. The second-order valence-electron chi connectivity index (χ2n) is 4.34. The van der Waals surface area contributed by atoms with Crippen molar-refractivity contribution in [2.45, 2.75) is 13.8 Å². The summed E-state index contributed by atoms with van der Waals surface area (Å²) in [5.74, 6) is 0.977. The van der Waals surface area contributed by atoms with E-state index in [2.05, 4.69) is 37.4 Å². The number of aryl methyl sites for hydroxylation is 1. The van der Waals surface area contributed by atoms with Crippen LogP contribution in [0.3, 0.4) is 0 Å². The molecule has 0 atom stereocenters. The van der Waals surface area contributed by atoms with Crippen LogP contribution in [-0.2, 0) is 0 Å². The molecule has 2 aromatic carbocycles. The van der Waals surface area contributed by atoms with Gasteiger partial charge < -0.3 is 10.1 Å². The number of anilines is 1. The maximum Gasteiger partial charge on any atom is 0.122 e. The molecule has 0 aliphatic heterocycles. The van der Waals surface area contributed by atoms with Gasteiger partial charge in [-0.05, 0) is 43.2 Å². The zero-order valence-corrected chi connectivity index (χ0v) is 10.9. The van der Waals surface area contributed by atoms with Gasteiger partial charge in [-0.1, -0.05) is 30.3 Å². The Hall–Kier alpha value is -1.96. The van der Waals surface area contributed by atoms with E-state index in [1.54, 1.807) is 0 Å². The quantitative estimate of drug-likeness (QED) is 0.804. The molecule has 18 heavy (non-hydrogen) atoms. The van der Waals surface area contributed by atoms with E-state index in [9.17, 15) is 0 Å². The Bertz CT molecular complexity index is 494. The molecule has 0 saturated heterocycles. The Balaban J connectivity index is 1.81. The first kappa shape index (κ1) is 12.5. The van der Waals surface area contributed by atoms with Gasteiger partial charge in [-0.2, -0.15) is 0 Å². The summed E-state index contributed by atoms with van der Waals surface area (Å²) in [6.45, 7) is 5.66. The standard InChI is InChI=1S/C16H19NO/c1-13-7-6-10-16(14(13)2)18-12-11-17-15-8-4-3-5-9-15/h3-10,17H,11-12H2,1-2H3. The molecular formula is C16H19NO. The van der Waals surface area contributed by atoms with Gasteiger partial charge in [-0.25, -0.2) is 0 Å². The molecule has 0 radical (unpaired) electrons. The van der Waals surface area contributed by atoms with Crippen molar-refractivity contribution in [2.24, 2.45) is 0 Å². The second kappa shape index (κ2) is 6.10. The smallest absolute Gasteiger partial charge is 0.122 e. The van der Waals surface area contributed by atoms with Crippen LogP contribution in [0.2, 0.25) is 0 Å². The van der Waals surface area contributed by atoms with Crippen LogP contribution in [0.1, 0.15) is 11.1 Å². The highest BCUT2D eigenvalue weighted by Gasteiger charge is 2.00. The van der Waals surface area contributed by atoms with Crippen LogP contribution in [-0.4, -0.2) is 13.2 Å². The van der Waals surface area contributed by atoms with Gasteiger partial charge in [-0.3, -0.25) is 0 Å². The van der Waals surface area contributed by atoms with Crippen LogP contribution in [0.15, 0.2) is 48.5 Å². The van der Waals surface area contributed by atoms with E-state index in [0.29, 0.717) is 6.61 Å². The summed E-state index contributed by atoms with van der Waals surface area (Å²) in [7, 11) is 0. The summed E-state index contributed by atoms with van der Waals surface area (Å²) in [6.07, 6.45) is 0. The molecule has 2 rings (SSSR count). The molecule has 0 fully saturated rings. The van der Waals surface area contributed by atoms with Crippen LogP contribution in [0, 0.1) is 13.8 Å². The fourth-order valence-corrected chi connectivity index (χ4v) is 1.79. The lowest BCUT2D eigenvalue weighted by molar-refractivity contribution is 0.330. The molecule has 0 aliphatic carbocycles. The Kier molecular flexibility index (Phi) is 4.24. The number of hydrogen-bond acceptors (Lipinski definition) is 2. The van der Waals surface area contributed by atoms with Crippen LogP contribution < -0.4 is 10.1 Å². The number of rotatable bonds is 5. The normalized spacial score (nSPS) is 10.1. The zero-order chi connectivity index (χ0) is 12.8. The first-order chi connectivity index (χ1) is 8.77. The van der Waals surface area contributed by atoms with Gasteiger partial charge >= 0.3 is 0 Å². The van der Waals surface area contributed by atoms with E-state index >= 15 is 0 Å². The summed E-state index contributed by atoms with van der Waals surface area (Å²) in [5, 5.41) is 3.32. The third-order valence-electron chi connectivity index (χ3n) is 3.02. The van der Waals surface area contributed by atoms with E-state index in [1.807, 2.05) is 30.3 Å². The highest BCUT2D eigenvalue weighted by atomic mass is 16.5. The largest absolute Gasteiger partial charge is 0.491 e. The fourth-order valence-electron chi connectivity index (χ4n) is 1.79. The molecule has 0 aromatic heterocycles. The summed E-state index contributed by atoms with van der Waals surface area (Å²) < 4.78 is 5.78. The molecule has 1 N–H and O–H groups in total. The van der Waals surface area contributed by atoms with Crippen molar-refractivity contribution >= 4 is 5.69 Å². The molecule has 2 aromatic rings. The van der Waals surface area contributed by atoms with E-state index in [0.717, 1.165) is 18.0 Å². The molecule has 94 valence electrons. The van der Waals surface area contributed by atoms with Crippen LogP contribution >= 0.6 is 0 Å². The second-order valence-corrected chi connectivity index (χ2v) is 4.34. The Morgan fingerprint density at radius 1 is 0.944 bits per heavy atom. The predicted octanol–water partition coefficient (Wildman–Crippen LogP) is 3.79. The van der Waals surface area contributed by atoms with Gasteiger partial charge in [0.2, 0.25) is 0 Å². The monoisotopic (exact) mass is 241 g/mol. The fraction of sp³-hybridized carbons (Fsp3) is 0.250. The Labute approximate surface area is 109 Å². The molecule has 2 heteroatoms. The summed E-state index contributed by atoms with van der Waals surface area (Å²) in [5.41, 5.74) is 3.61. The van der Waals surface area contributed by atoms with Crippen molar-refractivity contribution in [1.29, 1.82) is 0 Å². The van der Waals surface area contributed by atoms with Crippen molar-refractivity contribution in [3.8, 4) is 5.75 Å². The molecule has 0 amide bonds. The minimum absolute atomic E-state index is 0.666. The van der Waals surface area contributed by atoms with Crippen molar-refractivity contribution in [1.82, 2.24) is 0 Å². The highest BCUT2D eigenvalue weighted by Crippen LogP contribution is 2.20. The minimum Gasteiger partial charge on any atom is -0.491 e.